The highest BCUT2D eigenvalue weighted by atomic mass is 16.8. The van der Waals surface area contributed by atoms with Gasteiger partial charge >= 0.3 is 0 Å². The van der Waals surface area contributed by atoms with E-state index in [9.17, 15) is 70.9 Å². The zero-order valence-electron chi connectivity index (χ0n) is 27.4. The lowest BCUT2D eigenvalue weighted by Crippen LogP contribution is -2.70. The van der Waals surface area contributed by atoms with Crippen LogP contribution in [0.25, 0.3) is 0 Å². The molecule has 0 aliphatic carbocycles. The van der Waals surface area contributed by atoms with E-state index in [2.05, 4.69) is 10.6 Å². The van der Waals surface area contributed by atoms with Crippen LogP contribution in [0.5, 0.6) is 0 Å². The third-order valence-electron chi connectivity index (χ3n) is 9.01. The zero-order chi connectivity index (χ0) is 37.9. The van der Waals surface area contributed by atoms with Gasteiger partial charge in [0.15, 0.2) is 25.2 Å². The van der Waals surface area contributed by atoms with Crippen LogP contribution in [-0.2, 0) is 42.7 Å². The Hall–Kier alpha value is -1.82. The lowest BCUT2D eigenvalue weighted by Gasteiger charge is -2.50. The third-order valence-corrected chi connectivity index (χ3v) is 9.01. The first kappa shape index (κ1) is 41.9. The molecule has 0 unspecified atom stereocenters. The molecule has 51 heavy (non-hydrogen) atoms. The van der Waals surface area contributed by atoms with Crippen LogP contribution in [0.1, 0.15) is 13.8 Å². The number of nitrogens with one attached hydrogen (secondary N) is 2. The Kier molecular flexibility index (Phi) is 14.8. The average molecular weight is 749 g/mol. The number of amides is 2. The minimum absolute atomic E-state index is 0.690. The van der Waals surface area contributed by atoms with Crippen molar-refractivity contribution in [3.05, 3.63) is 0 Å². The molecule has 4 rings (SSSR count). The number of ether oxygens (including phenoxy) is 7. The van der Waals surface area contributed by atoms with Crippen molar-refractivity contribution in [1.29, 1.82) is 0 Å². The van der Waals surface area contributed by atoms with Gasteiger partial charge in [-0.3, -0.25) is 9.59 Å². The lowest BCUT2D eigenvalue weighted by atomic mass is 9.94. The molecule has 4 fully saturated rings. The Labute approximate surface area is 289 Å². The van der Waals surface area contributed by atoms with Gasteiger partial charge in [0.05, 0.1) is 26.4 Å². The second kappa shape index (κ2) is 18.0. The molecule has 14 N–H and O–H groups in total. The molecule has 23 nitrogen and oxygen atoms in total. The van der Waals surface area contributed by atoms with Gasteiger partial charge < -0.3 is 105 Å². The second-order valence-corrected chi connectivity index (χ2v) is 12.6. The molecular formula is C28H48N2O21. The Bertz CT molecular complexity index is 1140. The van der Waals surface area contributed by atoms with Crippen molar-refractivity contribution < 1.29 is 104 Å². The van der Waals surface area contributed by atoms with E-state index in [1.54, 1.807) is 0 Å². The average Bonchev–Trinajstić information content (AvgIpc) is 3.09. The van der Waals surface area contributed by atoms with Gasteiger partial charge in [0.1, 0.15) is 97.5 Å². The van der Waals surface area contributed by atoms with Crippen LogP contribution < -0.4 is 10.6 Å². The van der Waals surface area contributed by atoms with Gasteiger partial charge in [-0.05, 0) is 0 Å². The highest BCUT2D eigenvalue weighted by molar-refractivity contribution is 5.73. The van der Waals surface area contributed by atoms with Crippen LogP contribution in [0.4, 0.5) is 0 Å². The molecular weight excluding hydrogens is 700 g/mol. The molecule has 0 bridgehead atoms. The van der Waals surface area contributed by atoms with Crippen LogP contribution in [-0.4, -0.2) is 222 Å². The first-order valence-electron chi connectivity index (χ1n) is 16.1. The second-order valence-electron chi connectivity index (χ2n) is 12.6. The number of hydrogen-bond donors (Lipinski definition) is 14. The zero-order valence-corrected chi connectivity index (χ0v) is 27.4. The van der Waals surface area contributed by atoms with E-state index < -0.39 is 161 Å². The SMILES string of the molecule is CC(=O)N[C@@H]1[C@@H](O[C@@H]2O[C@H](CO)[C@H](O)[C@H](O[C@@H]3O[C@H](CO)[C@@H](O[C@@H]4O[C@H](CO)[C@H](O)[C@H](O)[C@H]4O)[C@H](O)[C@H]3NC(C)=O)[C@H]2O)[C@H](O)[C@@H](CO)O[C@H]1O. The van der Waals surface area contributed by atoms with Crippen LogP contribution in [0.3, 0.4) is 0 Å². The molecule has 0 spiro atoms. The number of rotatable bonds is 12. The van der Waals surface area contributed by atoms with E-state index in [1.165, 1.54) is 0 Å². The number of aliphatic hydroxyl groups is 12. The monoisotopic (exact) mass is 748 g/mol. The maximum absolute atomic E-state index is 12.2. The predicted octanol–water partition coefficient (Wildman–Crippen LogP) is -9.46. The quantitative estimate of drug-likeness (QED) is 0.0881. The van der Waals surface area contributed by atoms with E-state index in [1.807, 2.05) is 0 Å². The topological polar surface area (TPSA) is 366 Å². The highest BCUT2D eigenvalue weighted by Crippen LogP contribution is 2.34. The maximum Gasteiger partial charge on any atom is 0.217 e. The Morgan fingerprint density at radius 1 is 0.471 bits per heavy atom. The minimum Gasteiger partial charge on any atom is -0.394 e. The van der Waals surface area contributed by atoms with Gasteiger partial charge in [-0.15, -0.1) is 0 Å². The minimum atomic E-state index is -2.05. The van der Waals surface area contributed by atoms with E-state index in [0.717, 1.165) is 13.8 Å². The van der Waals surface area contributed by atoms with Crippen molar-refractivity contribution in [2.45, 2.75) is 137 Å². The van der Waals surface area contributed by atoms with Crippen molar-refractivity contribution in [1.82, 2.24) is 10.6 Å². The summed E-state index contributed by atoms with van der Waals surface area (Å²) in [5.74, 6) is -1.45. The molecule has 0 aromatic heterocycles. The van der Waals surface area contributed by atoms with Gasteiger partial charge in [-0.25, -0.2) is 0 Å². The first-order chi connectivity index (χ1) is 24.1. The standard InChI is InChI=1S/C28H48N2O21/c1-7(35)29-13-18(40)22(49-27-20(42)19(41)15(37)9(3-31)46-27)12(6-34)48-26(13)51-24-17(39)11(5-33)47-28(21(24)43)50-23-14(30-8(2)36)25(44)45-10(4-32)16(23)38/h9-28,31-34,37-44H,3-6H2,1-2H3,(H,29,35)(H,30,36)/t9-,10-,11-,12-,13-,14-,15+,16-,17+,18-,19+,20-,21-,22-,23-,24+,25-,26+,27+,28+/m1/s1. The molecule has 0 aromatic rings. The fourth-order valence-electron chi connectivity index (χ4n) is 6.35. The lowest BCUT2D eigenvalue weighted by molar-refractivity contribution is -0.375. The molecule has 2 amide bonds. The predicted molar refractivity (Wildman–Crippen MR) is 157 cm³/mol. The number of aliphatic hydroxyl groups excluding tert-OH is 12. The Balaban J connectivity index is 1.58. The summed E-state index contributed by atoms with van der Waals surface area (Å²) in [7, 11) is 0. The summed E-state index contributed by atoms with van der Waals surface area (Å²) < 4.78 is 39.0. The summed E-state index contributed by atoms with van der Waals surface area (Å²) in [6.45, 7) is -1.29. The largest absolute Gasteiger partial charge is 0.394 e. The number of carbonyl (C=O) groups is 2. The third kappa shape index (κ3) is 9.11. The van der Waals surface area contributed by atoms with Crippen LogP contribution in [0.15, 0.2) is 0 Å². The summed E-state index contributed by atoms with van der Waals surface area (Å²) in [6, 6.07) is -3.11. The molecule has 0 radical (unpaired) electrons. The summed E-state index contributed by atoms with van der Waals surface area (Å²) >= 11 is 0. The van der Waals surface area contributed by atoms with Crippen molar-refractivity contribution in [3.63, 3.8) is 0 Å². The number of carbonyl (C=O) groups excluding carboxylic acids is 2. The summed E-state index contributed by atoms with van der Waals surface area (Å²) in [5, 5.41) is 130. The van der Waals surface area contributed by atoms with Crippen molar-refractivity contribution in [3.8, 4) is 0 Å². The molecule has 4 saturated heterocycles. The van der Waals surface area contributed by atoms with Crippen molar-refractivity contribution in [2.24, 2.45) is 0 Å². The molecule has 296 valence electrons. The Morgan fingerprint density at radius 2 is 0.902 bits per heavy atom. The Morgan fingerprint density at radius 3 is 1.45 bits per heavy atom. The van der Waals surface area contributed by atoms with Gasteiger partial charge in [-0.2, -0.15) is 0 Å². The van der Waals surface area contributed by atoms with Crippen molar-refractivity contribution in [2.75, 3.05) is 26.4 Å². The summed E-state index contributed by atoms with van der Waals surface area (Å²) in [4.78, 5) is 24.1. The van der Waals surface area contributed by atoms with Gasteiger partial charge in [0.2, 0.25) is 11.8 Å². The smallest absolute Gasteiger partial charge is 0.217 e. The van der Waals surface area contributed by atoms with Crippen LogP contribution in [0.2, 0.25) is 0 Å². The van der Waals surface area contributed by atoms with E-state index in [-0.39, 0.29) is 0 Å². The fourth-order valence-corrected chi connectivity index (χ4v) is 6.35. The molecule has 4 aliphatic rings. The van der Waals surface area contributed by atoms with E-state index in [4.69, 9.17) is 33.2 Å². The molecule has 0 aromatic carbocycles. The summed E-state index contributed by atoms with van der Waals surface area (Å²) in [5.41, 5.74) is 0. The van der Waals surface area contributed by atoms with E-state index in [0.29, 0.717) is 0 Å². The van der Waals surface area contributed by atoms with Gasteiger partial charge in [0, 0.05) is 13.8 Å². The summed E-state index contributed by atoms with van der Waals surface area (Å²) in [6.07, 6.45) is -31.5. The van der Waals surface area contributed by atoms with Crippen molar-refractivity contribution >= 4 is 11.8 Å². The van der Waals surface area contributed by atoms with E-state index >= 15 is 0 Å². The molecule has 23 heteroatoms. The normalized spacial score (nSPS) is 47.8. The molecule has 4 aliphatic heterocycles. The number of hydrogen-bond acceptors (Lipinski definition) is 21. The van der Waals surface area contributed by atoms with Gasteiger partial charge in [0.25, 0.3) is 0 Å². The first-order valence-corrected chi connectivity index (χ1v) is 16.1. The van der Waals surface area contributed by atoms with Crippen LogP contribution >= 0.6 is 0 Å². The van der Waals surface area contributed by atoms with Gasteiger partial charge in [-0.1, -0.05) is 0 Å². The molecule has 0 saturated carbocycles. The molecule has 20 atom stereocenters. The molecule has 4 heterocycles. The maximum atomic E-state index is 12.2. The van der Waals surface area contributed by atoms with Crippen LogP contribution in [0, 0.1) is 0 Å². The fraction of sp³-hybridized carbons (Fsp3) is 0.929. The highest BCUT2D eigenvalue weighted by Gasteiger charge is 2.55.